The van der Waals surface area contributed by atoms with Crippen LogP contribution in [-0.4, -0.2) is 35.5 Å². The molecule has 32 heavy (non-hydrogen) atoms. The van der Waals surface area contributed by atoms with Gasteiger partial charge in [0.2, 0.25) is 0 Å². The van der Waals surface area contributed by atoms with Crippen LogP contribution in [0.4, 0.5) is 5.82 Å². The Balaban J connectivity index is 0.00000245. The van der Waals surface area contributed by atoms with Gasteiger partial charge in [-0.1, -0.05) is 54.6 Å². The maximum absolute atomic E-state index is 4.83. The summed E-state index contributed by atoms with van der Waals surface area (Å²) in [5, 5.41) is 1.29. The third-order valence-corrected chi connectivity index (χ3v) is 6.60. The van der Waals surface area contributed by atoms with Crippen molar-refractivity contribution in [3.8, 4) is 0 Å². The number of likely N-dealkylation sites (N-methyl/N-ethyl adjacent to an activating group) is 1. The van der Waals surface area contributed by atoms with Crippen LogP contribution >= 0.6 is 12.4 Å². The lowest BCUT2D eigenvalue weighted by atomic mass is 9.95. The second-order valence-electron chi connectivity index (χ2n) is 8.83. The van der Waals surface area contributed by atoms with Crippen LogP contribution in [0.2, 0.25) is 0 Å². The molecule has 0 radical (unpaired) electrons. The number of rotatable bonds is 5. The molecule has 3 heterocycles. The van der Waals surface area contributed by atoms with Gasteiger partial charge in [0.15, 0.2) is 5.82 Å². The zero-order chi connectivity index (χ0) is 21.4. The van der Waals surface area contributed by atoms with Crippen molar-refractivity contribution < 1.29 is 0 Å². The number of aromatic nitrogens is 2. The highest BCUT2D eigenvalue weighted by atomic mass is 35.5. The quantitative estimate of drug-likeness (QED) is 0.427. The lowest BCUT2D eigenvalue weighted by Crippen LogP contribution is -2.31. The second kappa shape index (κ2) is 9.35. The zero-order valence-electron chi connectivity index (χ0n) is 19.0. The first-order chi connectivity index (χ1) is 15.1. The van der Waals surface area contributed by atoms with Crippen LogP contribution in [0.1, 0.15) is 34.0 Å². The highest BCUT2D eigenvalue weighted by Gasteiger charge is 2.25. The van der Waals surface area contributed by atoms with E-state index in [1.807, 2.05) is 6.20 Å². The first-order valence-corrected chi connectivity index (χ1v) is 11.1. The molecule has 0 saturated carbocycles. The fourth-order valence-electron chi connectivity index (χ4n) is 4.98. The standard InChI is InChI=1S/C27H30N4.ClH/c1-19-25(24(30(2)3)17-20-9-5-4-6-10-20)23-13-15-28-27(26(23)29-19)31-16-14-21-11-7-8-12-22(21)18-31;/h4-13,15,24,29H,14,16-18H2,1-3H3;1H. The van der Waals surface area contributed by atoms with Crippen LogP contribution in [-0.2, 0) is 19.4 Å². The van der Waals surface area contributed by atoms with Gasteiger partial charge in [0, 0.05) is 36.4 Å². The zero-order valence-corrected chi connectivity index (χ0v) is 19.8. The van der Waals surface area contributed by atoms with Crippen molar-refractivity contribution >= 4 is 29.1 Å². The highest BCUT2D eigenvalue weighted by molar-refractivity contribution is 5.93. The molecular formula is C27H31ClN4. The lowest BCUT2D eigenvalue weighted by Gasteiger charge is -2.30. The Bertz CT molecular complexity index is 1200. The Morgan fingerprint density at radius 1 is 1.00 bits per heavy atom. The number of nitrogens with one attached hydrogen (secondary N) is 1. The van der Waals surface area contributed by atoms with Gasteiger partial charge in [-0.2, -0.15) is 0 Å². The van der Waals surface area contributed by atoms with Crippen molar-refractivity contribution in [2.24, 2.45) is 0 Å². The minimum atomic E-state index is 0. The molecule has 0 amide bonds. The smallest absolute Gasteiger partial charge is 0.153 e. The van der Waals surface area contributed by atoms with Crippen LogP contribution < -0.4 is 4.90 Å². The molecule has 0 spiro atoms. The molecule has 2 aromatic heterocycles. The molecule has 0 saturated heterocycles. The number of hydrogen-bond acceptors (Lipinski definition) is 3. The van der Waals surface area contributed by atoms with Crippen LogP contribution in [0.15, 0.2) is 66.9 Å². The first kappa shape index (κ1) is 22.4. The normalized spacial score (nSPS) is 14.3. The number of anilines is 1. The summed E-state index contributed by atoms with van der Waals surface area (Å²) in [6.07, 6.45) is 4.02. The number of aromatic amines is 1. The molecule has 1 aliphatic heterocycles. The van der Waals surface area contributed by atoms with Crippen LogP contribution in [0.25, 0.3) is 10.9 Å². The molecule has 4 aromatic rings. The first-order valence-electron chi connectivity index (χ1n) is 11.1. The molecule has 1 unspecified atom stereocenters. The Morgan fingerprint density at radius 3 is 2.47 bits per heavy atom. The Labute approximate surface area is 196 Å². The summed E-state index contributed by atoms with van der Waals surface area (Å²) in [6.45, 7) is 4.11. The molecule has 1 N–H and O–H groups in total. The summed E-state index contributed by atoms with van der Waals surface area (Å²) < 4.78 is 0. The molecule has 4 nitrogen and oxygen atoms in total. The monoisotopic (exact) mass is 446 g/mol. The molecule has 166 valence electrons. The lowest BCUT2D eigenvalue weighted by molar-refractivity contribution is 0.298. The average Bonchev–Trinajstić information content (AvgIpc) is 3.13. The number of H-pyrrole nitrogens is 1. The predicted octanol–water partition coefficient (Wildman–Crippen LogP) is 5.70. The van der Waals surface area contributed by atoms with E-state index in [2.05, 4.69) is 96.5 Å². The van der Waals surface area contributed by atoms with Gasteiger partial charge < -0.3 is 14.8 Å². The van der Waals surface area contributed by atoms with Crippen molar-refractivity contribution in [3.05, 3.63) is 94.8 Å². The van der Waals surface area contributed by atoms with E-state index < -0.39 is 0 Å². The molecule has 1 atom stereocenters. The van der Waals surface area contributed by atoms with Gasteiger partial charge in [0.25, 0.3) is 0 Å². The largest absolute Gasteiger partial charge is 0.355 e. The average molecular weight is 447 g/mol. The molecule has 0 bridgehead atoms. The number of aryl methyl sites for hydroxylation is 1. The minimum absolute atomic E-state index is 0. The Hall–Kier alpha value is -2.82. The summed E-state index contributed by atoms with van der Waals surface area (Å²) in [5.74, 6) is 1.07. The number of pyridine rings is 1. The molecule has 5 rings (SSSR count). The van der Waals surface area contributed by atoms with E-state index in [1.54, 1.807) is 0 Å². The van der Waals surface area contributed by atoms with E-state index in [1.165, 1.54) is 33.3 Å². The number of fused-ring (bicyclic) bond motifs is 2. The van der Waals surface area contributed by atoms with Crippen molar-refractivity contribution in [3.63, 3.8) is 0 Å². The summed E-state index contributed by atoms with van der Waals surface area (Å²) in [6, 6.07) is 22.0. The van der Waals surface area contributed by atoms with Crippen LogP contribution in [0, 0.1) is 6.92 Å². The fourth-order valence-corrected chi connectivity index (χ4v) is 4.98. The number of halogens is 1. The van der Waals surface area contributed by atoms with Gasteiger partial charge in [-0.3, -0.25) is 0 Å². The van der Waals surface area contributed by atoms with E-state index in [0.717, 1.165) is 37.3 Å². The van der Waals surface area contributed by atoms with Crippen molar-refractivity contribution in [2.45, 2.75) is 32.4 Å². The number of hydrogen-bond donors (Lipinski definition) is 1. The van der Waals surface area contributed by atoms with Gasteiger partial charge in [-0.15, -0.1) is 12.4 Å². The SMILES string of the molecule is Cc1[nH]c2c(N3CCc4ccccc4C3)nccc2c1C(Cc1ccccc1)N(C)C.Cl. The number of nitrogens with zero attached hydrogens (tertiary/aromatic N) is 3. The summed E-state index contributed by atoms with van der Waals surface area (Å²) in [7, 11) is 4.35. The highest BCUT2D eigenvalue weighted by Crippen LogP contribution is 2.36. The van der Waals surface area contributed by atoms with Gasteiger partial charge in [-0.05, 0) is 62.2 Å². The topological polar surface area (TPSA) is 35.2 Å². The third kappa shape index (κ3) is 4.13. The van der Waals surface area contributed by atoms with Gasteiger partial charge >= 0.3 is 0 Å². The molecule has 5 heteroatoms. The van der Waals surface area contributed by atoms with E-state index in [0.29, 0.717) is 6.04 Å². The van der Waals surface area contributed by atoms with Crippen molar-refractivity contribution in [2.75, 3.05) is 25.5 Å². The third-order valence-electron chi connectivity index (χ3n) is 6.60. The summed E-state index contributed by atoms with van der Waals surface area (Å²) in [4.78, 5) is 13.3. The molecular weight excluding hydrogens is 416 g/mol. The van der Waals surface area contributed by atoms with E-state index in [9.17, 15) is 0 Å². The molecule has 0 aliphatic carbocycles. The fraction of sp³-hybridized carbons (Fsp3) is 0.296. The number of benzene rings is 2. The van der Waals surface area contributed by atoms with Gasteiger partial charge in [-0.25, -0.2) is 4.98 Å². The summed E-state index contributed by atoms with van der Waals surface area (Å²) in [5.41, 5.74) is 8.00. The minimum Gasteiger partial charge on any atom is -0.355 e. The Kier molecular flexibility index (Phi) is 6.54. The second-order valence-corrected chi connectivity index (χ2v) is 8.83. The van der Waals surface area contributed by atoms with E-state index >= 15 is 0 Å². The summed E-state index contributed by atoms with van der Waals surface area (Å²) >= 11 is 0. The van der Waals surface area contributed by atoms with Gasteiger partial charge in [0.05, 0.1) is 5.52 Å². The molecule has 1 aliphatic rings. The van der Waals surface area contributed by atoms with Crippen molar-refractivity contribution in [1.82, 2.24) is 14.9 Å². The maximum atomic E-state index is 4.83. The van der Waals surface area contributed by atoms with Crippen LogP contribution in [0.3, 0.4) is 0 Å². The Morgan fingerprint density at radius 2 is 1.72 bits per heavy atom. The van der Waals surface area contributed by atoms with E-state index in [-0.39, 0.29) is 12.4 Å². The predicted molar refractivity (Wildman–Crippen MR) is 136 cm³/mol. The van der Waals surface area contributed by atoms with E-state index in [4.69, 9.17) is 4.98 Å². The van der Waals surface area contributed by atoms with Crippen LogP contribution in [0.5, 0.6) is 0 Å². The van der Waals surface area contributed by atoms with Gasteiger partial charge in [0.1, 0.15) is 0 Å². The maximum Gasteiger partial charge on any atom is 0.153 e. The molecule has 2 aromatic carbocycles. The molecule has 0 fully saturated rings. The van der Waals surface area contributed by atoms with Crippen molar-refractivity contribution in [1.29, 1.82) is 0 Å².